The number of aryl methyl sites for hydroxylation is 1. The van der Waals surface area contributed by atoms with Gasteiger partial charge in [0.1, 0.15) is 6.04 Å². The fourth-order valence-electron chi connectivity index (χ4n) is 4.39. The van der Waals surface area contributed by atoms with Gasteiger partial charge in [-0.1, -0.05) is 12.1 Å². The molecule has 0 fully saturated rings. The number of benzene rings is 2. The van der Waals surface area contributed by atoms with Crippen molar-refractivity contribution in [3.63, 3.8) is 0 Å². The zero-order valence-corrected chi connectivity index (χ0v) is 25.8. The van der Waals surface area contributed by atoms with Gasteiger partial charge in [0.15, 0.2) is 23.0 Å². The summed E-state index contributed by atoms with van der Waals surface area (Å²) in [6.45, 7) is 3.68. The summed E-state index contributed by atoms with van der Waals surface area (Å²) in [6.07, 6.45) is 6.10. The molecule has 0 saturated heterocycles. The molecule has 236 valence electrons. The van der Waals surface area contributed by atoms with E-state index in [4.69, 9.17) is 18.9 Å². The van der Waals surface area contributed by atoms with E-state index in [0.29, 0.717) is 74.9 Å². The van der Waals surface area contributed by atoms with E-state index < -0.39 is 12.0 Å². The third-order valence-electron chi connectivity index (χ3n) is 6.94. The summed E-state index contributed by atoms with van der Waals surface area (Å²) in [7, 11) is 6.27. The third-order valence-corrected chi connectivity index (χ3v) is 6.94. The highest BCUT2D eigenvalue weighted by atomic mass is 16.5. The van der Waals surface area contributed by atoms with Crippen molar-refractivity contribution in [3.8, 4) is 23.0 Å². The highest BCUT2D eigenvalue weighted by molar-refractivity contribution is 5.91. The SMILES string of the molecule is COc1ccc(/C=C/C(=O)NCCCCN(CCCNC(=O)CCc2ccc(OC)c(OC)c2)[C@@H](C)C(=O)O)cc1OC. The average molecular weight is 600 g/mol. The number of carbonyl (C=O) groups excluding carboxylic acids is 2. The van der Waals surface area contributed by atoms with Crippen LogP contribution in [-0.4, -0.2) is 88.5 Å². The molecule has 2 aromatic rings. The normalized spacial score (nSPS) is 11.7. The van der Waals surface area contributed by atoms with E-state index in [1.807, 2.05) is 29.2 Å². The van der Waals surface area contributed by atoms with Crippen LogP contribution in [0.2, 0.25) is 0 Å². The number of carboxylic acid groups (broad SMARTS) is 1. The number of hydrogen-bond donors (Lipinski definition) is 3. The van der Waals surface area contributed by atoms with Gasteiger partial charge in [-0.3, -0.25) is 19.3 Å². The van der Waals surface area contributed by atoms with Gasteiger partial charge in [0.25, 0.3) is 0 Å². The van der Waals surface area contributed by atoms with E-state index in [2.05, 4.69) is 10.6 Å². The van der Waals surface area contributed by atoms with Crippen LogP contribution >= 0.6 is 0 Å². The van der Waals surface area contributed by atoms with Gasteiger partial charge in [0.05, 0.1) is 28.4 Å². The molecule has 0 bridgehead atoms. The molecule has 0 aliphatic rings. The van der Waals surface area contributed by atoms with Crippen molar-refractivity contribution in [1.29, 1.82) is 0 Å². The minimum absolute atomic E-state index is 0.0662. The molecule has 11 heteroatoms. The summed E-state index contributed by atoms with van der Waals surface area (Å²) in [5, 5.41) is 15.3. The number of ether oxygens (including phenoxy) is 4. The van der Waals surface area contributed by atoms with Crippen LogP contribution in [-0.2, 0) is 20.8 Å². The van der Waals surface area contributed by atoms with E-state index in [0.717, 1.165) is 17.5 Å². The molecule has 0 aliphatic carbocycles. The van der Waals surface area contributed by atoms with Gasteiger partial charge < -0.3 is 34.7 Å². The summed E-state index contributed by atoms with van der Waals surface area (Å²) in [5.74, 6) is 1.28. The Hall–Kier alpha value is -4.25. The monoisotopic (exact) mass is 599 g/mol. The Morgan fingerprint density at radius 2 is 1.42 bits per heavy atom. The number of unbranched alkanes of at least 4 members (excludes halogenated alkanes) is 1. The molecule has 3 N–H and O–H groups in total. The second-order valence-corrected chi connectivity index (χ2v) is 9.89. The highest BCUT2D eigenvalue weighted by Gasteiger charge is 2.19. The summed E-state index contributed by atoms with van der Waals surface area (Å²) in [6, 6.07) is 10.3. The van der Waals surface area contributed by atoms with Crippen LogP contribution < -0.4 is 29.6 Å². The molecule has 0 aromatic heterocycles. The Balaban J connectivity index is 1.69. The lowest BCUT2D eigenvalue weighted by atomic mass is 10.1. The lowest BCUT2D eigenvalue weighted by Gasteiger charge is -2.26. The molecule has 0 unspecified atom stereocenters. The number of rotatable bonds is 20. The molecule has 1 atom stereocenters. The Kier molecular flexibility index (Phi) is 15.5. The van der Waals surface area contributed by atoms with Crippen LogP contribution in [0.15, 0.2) is 42.5 Å². The maximum Gasteiger partial charge on any atom is 0.320 e. The van der Waals surface area contributed by atoms with Gasteiger partial charge >= 0.3 is 5.97 Å². The lowest BCUT2D eigenvalue weighted by molar-refractivity contribution is -0.142. The van der Waals surface area contributed by atoms with E-state index in [9.17, 15) is 19.5 Å². The van der Waals surface area contributed by atoms with Crippen LogP contribution in [0.5, 0.6) is 23.0 Å². The number of nitrogens with one attached hydrogen (secondary N) is 2. The minimum atomic E-state index is -0.896. The van der Waals surface area contributed by atoms with Crippen LogP contribution in [0.1, 0.15) is 43.7 Å². The summed E-state index contributed by atoms with van der Waals surface area (Å²) in [4.78, 5) is 38.1. The van der Waals surface area contributed by atoms with Crippen molar-refractivity contribution in [2.45, 2.75) is 45.1 Å². The van der Waals surface area contributed by atoms with E-state index >= 15 is 0 Å². The molecule has 0 aliphatic heterocycles. The molecular formula is C32H45N3O8. The Labute approximate surface area is 254 Å². The lowest BCUT2D eigenvalue weighted by Crippen LogP contribution is -2.41. The van der Waals surface area contributed by atoms with Gasteiger partial charge in [-0.15, -0.1) is 0 Å². The summed E-state index contributed by atoms with van der Waals surface area (Å²) < 4.78 is 21.1. The predicted molar refractivity (Wildman–Crippen MR) is 165 cm³/mol. The Morgan fingerprint density at radius 1 is 0.814 bits per heavy atom. The number of amides is 2. The van der Waals surface area contributed by atoms with Crippen molar-refractivity contribution < 1.29 is 38.4 Å². The van der Waals surface area contributed by atoms with Crippen LogP contribution in [0.25, 0.3) is 6.08 Å². The largest absolute Gasteiger partial charge is 0.493 e. The van der Waals surface area contributed by atoms with Gasteiger partial charge in [0, 0.05) is 32.1 Å². The van der Waals surface area contributed by atoms with Crippen molar-refractivity contribution >= 4 is 23.9 Å². The van der Waals surface area contributed by atoms with Crippen LogP contribution in [0.3, 0.4) is 0 Å². The predicted octanol–water partition coefficient (Wildman–Crippen LogP) is 3.54. The molecule has 0 saturated carbocycles. The maximum absolute atomic E-state index is 12.3. The number of nitrogens with zero attached hydrogens (tertiary/aromatic N) is 1. The van der Waals surface area contributed by atoms with Crippen molar-refractivity contribution in [2.24, 2.45) is 0 Å². The first-order valence-electron chi connectivity index (χ1n) is 14.3. The van der Waals surface area contributed by atoms with E-state index in [-0.39, 0.29) is 11.8 Å². The molecule has 2 amide bonds. The molecule has 0 spiro atoms. The summed E-state index contributed by atoms with van der Waals surface area (Å²) in [5.41, 5.74) is 1.78. The average Bonchev–Trinajstić information content (AvgIpc) is 3.02. The van der Waals surface area contributed by atoms with Crippen molar-refractivity contribution in [2.75, 3.05) is 54.6 Å². The Bertz CT molecular complexity index is 1220. The molecule has 43 heavy (non-hydrogen) atoms. The highest BCUT2D eigenvalue weighted by Crippen LogP contribution is 2.28. The topological polar surface area (TPSA) is 136 Å². The van der Waals surface area contributed by atoms with Gasteiger partial charge in [-0.05, 0) is 80.6 Å². The quantitative estimate of drug-likeness (QED) is 0.154. The fraction of sp³-hybridized carbons (Fsp3) is 0.469. The van der Waals surface area contributed by atoms with E-state index in [1.54, 1.807) is 53.6 Å². The number of aliphatic carboxylic acids is 1. The van der Waals surface area contributed by atoms with Crippen molar-refractivity contribution in [1.82, 2.24) is 15.5 Å². The summed E-state index contributed by atoms with van der Waals surface area (Å²) >= 11 is 0. The number of carbonyl (C=O) groups is 3. The smallest absolute Gasteiger partial charge is 0.320 e. The first kappa shape index (κ1) is 34.9. The van der Waals surface area contributed by atoms with Gasteiger partial charge in [-0.2, -0.15) is 0 Å². The zero-order chi connectivity index (χ0) is 31.6. The zero-order valence-electron chi connectivity index (χ0n) is 25.8. The van der Waals surface area contributed by atoms with Gasteiger partial charge in [-0.25, -0.2) is 0 Å². The fourth-order valence-corrected chi connectivity index (χ4v) is 4.39. The van der Waals surface area contributed by atoms with Crippen LogP contribution in [0.4, 0.5) is 0 Å². The number of carboxylic acids is 1. The second-order valence-electron chi connectivity index (χ2n) is 9.89. The number of hydrogen-bond acceptors (Lipinski definition) is 8. The minimum Gasteiger partial charge on any atom is -0.493 e. The molecule has 0 radical (unpaired) electrons. The number of methoxy groups -OCH3 is 4. The molecule has 11 nitrogen and oxygen atoms in total. The first-order chi connectivity index (χ1) is 20.7. The third kappa shape index (κ3) is 12.3. The maximum atomic E-state index is 12.3. The first-order valence-corrected chi connectivity index (χ1v) is 14.3. The molecule has 2 rings (SSSR count). The molecule has 0 heterocycles. The van der Waals surface area contributed by atoms with E-state index in [1.165, 1.54) is 6.08 Å². The standard InChI is InChI=1S/C32H45N3O8/c1-23(32(38)39)35(20-8-18-34-31(37)16-12-25-10-14-27(41-3)29(22-25)43-5)19-7-6-17-33-30(36)15-11-24-9-13-26(40-2)28(21-24)42-4/h9-11,13-15,21-23H,6-8,12,16-20H2,1-5H3,(H,33,36)(H,34,37)(H,38,39)/b15-11+/t23-/m0/s1. The second kappa shape index (κ2) is 19.0. The van der Waals surface area contributed by atoms with Crippen molar-refractivity contribution in [3.05, 3.63) is 53.6 Å². The molecular weight excluding hydrogens is 554 g/mol. The molecule has 2 aromatic carbocycles. The van der Waals surface area contributed by atoms with Crippen LogP contribution in [0, 0.1) is 0 Å². The Morgan fingerprint density at radius 3 is 2.07 bits per heavy atom. The van der Waals surface area contributed by atoms with Gasteiger partial charge in [0.2, 0.25) is 11.8 Å².